The Morgan fingerprint density at radius 3 is 2.77 bits per heavy atom. The Morgan fingerprint density at radius 2 is 2.03 bits per heavy atom. The van der Waals surface area contributed by atoms with Crippen LogP contribution in [0.1, 0.15) is 34.4 Å². The van der Waals surface area contributed by atoms with Gasteiger partial charge < -0.3 is 9.42 Å². The molecule has 35 heavy (non-hydrogen) atoms. The number of carbonyl (C=O) groups excluding carboxylic acids is 1. The minimum Gasteiger partial charge on any atom is -0.353 e. The van der Waals surface area contributed by atoms with Crippen molar-refractivity contribution in [1.29, 1.82) is 0 Å². The van der Waals surface area contributed by atoms with Gasteiger partial charge in [-0.05, 0) is 30.7 Å². The topological polar surface area (TPSA) is 92.7 Å². The number of rotatable bonds is 3. The number of nitrogens with zero attached hydrogens (tertiary/aromatic N) is 4. The number of fused-ring (bicyclic) bond motifs is 4. The van der Waals surface area contributed by atoms with Crippen LogP contribution in [0.3, 0.4) is 0 Å². The first-order chi connectivity index (χ1) is 16.8. The average molecular weight is 531 g/mol. The van der Waals surface area contributed by atoms with Crippen LogP contribution in [-0.2, 0) is 10.3 Å². The molecule has 180 valence electrons. The van der Waals surface area contributed by atoms with Crippen molar-refractivity contribution in [3.63, 3.8) is 0 Å². The van der Waals surface area contributed by atoms with Crippen molar-refractivity contribution in [2.45, 2.75) is 30.3 Å². The molecule has 11 heteroatoms. The third-order valence-corrected chi connectivity index (χ3v) is 9.15. The fourth-order valence-electron chi connectivity index (χ4n) is 6.25. The lowest BCUT2D eigenvalue weighted by molar-refractivity contribution is -0.386. The van der Waals surface area contributed by atoms with Crippen LogP contribution in [0.15, 0.2) is 47.0 Å². The van der Waals surface area contributed by atoms with Gasteiger partial charge >= 0.3 is 5.69 Å². The molecule has 6 rings (SSSR count). The second-order valence-electron chi connectivity index (χ2n) is 9.09. The molecule has 2 aromatic carbocycles. The van der Waals surface area contributed by atoms with E-state index in [2.05, 4.69) is 10.1 Å². The molecule has 4 heterocycles. The highest BCUT2D eigenvalue weighted by Gasteiger charge is 2.71. The van der Waals surface area contributed by atoms with Crippen molar-refractivity contribution in [3.8, 4) is 0 Å². The lowest BCUT2D eigenvalue weighted by Crippen LogP contribution is -2.52. The van der Waals surface area contributed by atoms with Gasteiger partial charge in [-0.25, -0.2) is 0 Å². The molecule has 2 saturated heterocycles. The van der Waals surface area contributed by atoms with Gasteiger partial charge in [0.05, 0.1) is 10.8 Å². The number of anilines is 1. The van der Waals surface area contributed by atoms with Crippen molar-refractivity contribution >= 4 is 52.2 Å². The highest BCUT2D eigenvalue weighted by atomic mass is 35.5. The van der Waals surface area contributed by atoms with Crippen LogP contribution in [0.5, 0.6) is 0 Å². The third kappa shape index (κ3) is 2.92. The normalized spacial score (nSPS) is 27.6. The number of amides is 1. The lowest BCUT2D eigenvalue weighted by Gasteiger charge is -2.36. The van der Waals surface area contributed by atoms with Gasteiger partial charge in [0.1, 0.15) is 5.54 Å². The van der Waals surface area contributed by atoms with Crippen molar-refractivity contribution in [2.24, 2.45) is 0 Å². The summed E-state index contributed by atoms with van der Waals surface area (Å²) in [6, 6.07) is 12.8. The van der Waals surface area contributed by atoms with E-state index in [0.717, 1.165) is 22.6 Å². The Morgan fingerprint density at radius 1 is 1.26 bits per heavy atom. The molecule has 1 aromatic heterocycles. The predicted molar refractivity (Wildman–Crippen MR) is 134 cm³/mol. The molecular weight excluding hydrogens is 511 g/mol. The van der Waals surface area contributed by atoms with E-state index in [1.165, 1.54) is 0 Å². The van der Waals surface area contributed by atoms with E-state index in [9.17, 15) is 14.9 Å². The number of thioether (sulfide) groups is 1. The van der Waals surface area contributed by atoms with Gasteiger partial charge in [-0.2, -0.15) is 0 Å². The monoisotopic (exact) mass is 530 g/mol. The van der Waals surface area contributed by atoms with Crippen LogP contribution in [0, 0.1) is 17.0 Å². The van der Waals surface area contributed by atoms with E-state index in [4.69, 9.17) is 27.7 Å². The fraction of sp³-hybridized carbons (Fsp3) is 0.333. The highest BCUT2D eigenvalue weighted by Crippen LogP contribution is 2.66. The number of para-hydroxylation sites is 1. The molecule has 3 aliphatic rings. The maximum atomic E-state index is 14.3. The number of benzene rings is 2. The number of hydrogen-bond acceptors (Lipinski definition) is 7. The molecule has 2 fully saturated rings. The van der Waals surface area contributed by atoms with Gasteiger partial charge in [-0.1, -0.05) is 52.6 Å². The van der Waals surface area contributed by atoms with Crippen LogP contribution in [-0.4, -0.2) is 45.6 Å². The summed E-state index contributed by atoms with van der Waals surface area (Å²) in [5, 5.41) is 17.1. The van der Waals surface area contributed by atoms with Crippen LogP contribution in [0.25, 0.3) is 0 Å². The molecule has 3 aliphatic heterocycles. The third-order valence-electron chi connectivity index (χ3n) is 7.55. The summed E-state index contributed by atoms with van der Waals surface area (Å²) in [5.74, 6) is 0.185. The van der Waals surface area contributed by atoms with Gasteiger partial charge in [-0.3, -0.25) is 19.8 Å². The number of carbonyl (C=O) groups is 1. The molecule has 0 aliphatic carbocycles. The van der Waals surface area contributed by atoms with Crippen molar-refractivity contribution in [2.75, 3.05) is 23.6 Å². The Hall–Kier alpha value is -2.59. The SMILES string of the molecule is Cc1noc([C@H]2[C@H](c3ccc(Cl)cc3Cl)[C@H]3CSCN3[C@]23C(=O)N(C)c2ccccc23)c1[N+](=O)[O-]. The molecule has 4 atom stereocenters. The van der Waals surface area contributed by atoms with Crippen LogP contribution in [0.4, 0.5) is 11.4 Å². The Balaban J connectivity index is 1.71. The van der Waals surface area contributed by atoms with Crippen molar-refractivity contribution in [3.05, 3.63) is 85.2 Å². The highest BCUT2D eigenvalue weighted by molar-refractivity contribution is 7.99. The van der Waals surface area contributed by atoms with Crippen molar-refractivity contribution in [1.82, 2.24) is 10.1 Å². The predicted octanol–water partition coefficient (Wildman–Crippen LogP) is 5.33. The Labute approximate surface area is 215 Å². The maximum absolute atomic E-state index is 14.3. The number of likely N-dealkylation sites (N-methyl/N-ethyl adjacent to an activating group) is 1. The summed E-state index contributed by atoms with van der Waals surface area (Å²) in [7, 11) is 1.74. The fourth-order valence-corrected chi connectivity index (χ4v) is 8.11. The summed E-state index contributed by atoms with van der Waals surface area (Å²) < 4.78 is 5.74. The first-order valence-electron chi connectivity index (χ1n) is 11.1. The first-order valence-corrected chi connectivity index (χ1v) is 13.0. The molecule has 0 N–H and O–H groups in total. The number of hydrogen-bond donors (Lipinski definition) is 0. The molecule has 0 radical (unpaired) electrons. The first kappa shape index (κ1) is 22.8. The number of halogens is 2. The van der Waals surface area contributed by atoms with E-state index >= 15 is 0 Å². The lowest BCUT2D eigenvalue weighted by atomic mass is 9.71. The molecule has 1 spiro atoms. The van der Waals surface area contributed by atoms with Gasteiger partial charge in [-0.15, -0.1) is 11.8 Å². The summed E-state index contributed by atoms with van der Waals surface area (Å²) in [4.78, 5) is 29.9. The van der Waals surface area contributed by atoms with Gasteiger partial charge in [0.25, 0.3) is 5.91 Å². The smallest absolute Gasteiger partial charge is 0.334 e. The minimum absolute atomic E-state index is 0.0985. The second kappa shape index (κ2) is 7.96. The number of aryl methyl sites for hydroxylation is 1. The average Bonchev–Trinajstić information content (AvgIpc) is 3.55. The van der Waals surface area contributed by atoms with Gasteiger partial charge in [0, 0.05) is 51.9 Å². The molecule has 0 saturated carbocycles. The zero-order valence-electron chi connectivity index (χ0n) is 18.8. The number of aromatic nitrogens is 1. The van der Waals surface area contributed by atoms with Crippen molar-refractivity contribution < 1.29 is 14.2 Å². The van der Waals surface area contributed by atoms with E-state index in [0.29, 0.717) is 15.9 Å². The van der Waals surface area contributed by atoms with E-state index in [-0.39, 0.29) is 35.0 Å². The molecule has 1 amide bonds. The Bertz CT molecular complexity index is 1400. The van der Waals surface area contributed by atoms with E-state index < -0.39 is 16.4 Å². The number of nitro groups is 1. The van der Waals surface area contributed by atoms with Crippen LogP contribution in [0.2, 0.25) is 10.0 Å². The molecule has 0 unspecified atom stereocenters. The summed E-state index contributed by atoms with van der Waals surface area (Å²) in [5.41, 5.74) is 1.14. The van der Waals surface area contributed by atoms with Gasteiger partial charge in [0.15, 0.2) is 5.69 Å². The Kier molecular flexibility index (Phi) is 5.20. The maximum Gasteiger partial charge on any atom is 0.334 e. The van der Waals surface area contributed by atoms with Gasteiger partial charge in [0.2, 0.25) is 5.76 Å². The molecule has 8 nitrogen and oxygen atoms in total. The standard InChI is InChI=1S/C24H20Cl2N4O4S/c1-12-21(30(32)33)22(34-27-12)20-19(14-8-7-13(25)9-16(14)26)18-10-35-11-29(18)24(20)15-5-3-4-6-17(15)28(2)23(24)31/h3-9,18-20H,10-11H2,1-2H3/t18-,19-,20-,24+/m1/s1. The zero-order valence-corrected chi connectivity index (χ0v) is 21.1. The molecule has 3 aromatic rings. The molecular formula is C24H20Cl2N4O4S. The van der Waals surface area contributed by atoms with Crippen LogP contribution >= 0.6 is 35.0 Å². The zero-order chi connectivity index (χ0) is 24.6. The summed E-state index contributed by atoms with van der Waals surface area (Å²) in [6.07, 6.45) is 0. The van der Waals surface area contributed by atoms with E-state index in [1.54, 1.807) is 42.8 Å². The van der Waals surface area contributed by atoms with Crippen LogP contribution < -0.4 is 4.90 Å². The second-order valence-corrected chi connectivity index (χ2v) is 10.9. The largest absolute Gasteiger partial charge is 0.353 e. The summed E-state index contributed by atoms with van der Waals surface area (Å²) >= 11 is 14.7. The summed E-state index contributed by atoms with van der Waals surface area (Å²) in [6.45, 7) is 1.55. The molecule has 0 bridgehead atoms. The van der Waals surface area contributed by atoms with E-state index in [1.807, 2.05) is 30.3 Å². The quantitative estimate of drug-likeness (QED) is 0.333. The minimum atomic E-state index is -1.20.